The summed E-state index contributed by atoms with van der Waals surface area (Å²) in [6.07, 6.45) is 5.70. The van der Waals surface area contributed by atoms with Crippen LogP contribution in [0, 0.1) is 19.7 Å². The van der Waals surface area contributed by atoms with Crippen LogP contribution >= 0.6 is 0 Å². The Balaban J connectivity index is 1.39. The predicted molar refractivity (Wildman–Crippen MR) is 119 cm³/mol. The molecule has 0 saturated heterocycles. The van der Waals surface area contributed by atoms with Gasteiger partial charge in [0.1, 0.15) is 23.8 Å². The average molecular weight is 427 g/mol. The zero-order chi connectivity index (χ0) is 21.8. The Bertz CT molecular complexity index is 1460. The Kier molecular flexibility index (Phi) is 4.21. The third kappa shape index (κ3) is 3.10. The fourth-order valence-electron chi connectivity index (χ4n) is 4.60. The second-order valence-electron chi connectivity index (χ2n) is 8.42. The van der Waals surface area contributed by atoms with E-state index in [-0.39, 0.29) is 11.7 Å². The Morgan fingerprint density at radius 1 is 1.09 bits per heavy atom. The van der Waals surface area contributed by atoms with Gasteiger partial charge >= 0.3 is 0 Å². The number of hydrogen-bond acceptors (Lipinski definition) is 4. The van der Waals surface area contributed by atoms with Crippen LogP contribution in [0.1, 0.15) is 41.4 Å². The quantitative estimate of drug-likeness (QED) is 0.453. The molecular weight excluding hydrogens is 405 g/mol. The fourth-order valence-corrected chi connectivity index (χ4v) is 4.60. The van der Waals surface area contributed by atoms with Crippen LogP contribution in [0.2, 0.25) is 0 Å². The normalized spacial score (nSPS) is 15.9. The summed E-state index contributed by atoms with van der Waals surface area (Å²) in [5.41, 5.74) is 5.63. The van der Waals surface area contributed by atoms with Gasteiger partial charge in [-0.25, -0.2) is 24.0 Å². The van der Waals surface area contributed by atoms with E-state index >= 15 is 0 Å². The smallest absolute Gasteiger partial charge is 0.197 e. The lowest BCUT2D eigenvalue weighted by molar-refractivity contribution is 0.445. The van der Waals surface area contributed by atoms with Crippen LogP contribution in [-0.4, -0.2) is 34.3 Å². The van der Waals surface area contributed by atoms with Crippen molar-refractivity contribution in [2.24, 2.45) is 0 Å². The summed E-state index contributed by atoms with van der Waals surface area (Å²) in [5.74, 6) is 2.31. The summed E-state index contributed by atoms with van der Waals surface area (Å²) in [7, 11) is 0. The minimum atomic E-state index is -0.208. The number of aryl methyl sites for hydroxylation is 3. The van der Waals surface area contributed by atoms with Gasteiger partial charge in [-0.15, -0.1) is 5.10 Å². The summed E-state index contributed by atoms with van der Waals surface area (Å²) < 4.78 is 17.5. The average Bonchev–Trinajstić information content (AvgIpc) is 3.50. The number of nitrogens with zero attached hydrogens (tertiary/aromatic N) is 6. The van der Waals surface area contributed by atoms with Crippen LogP contribution < -0.4 is 0 Å². The van der Waals surface area contributed by atoms with Crippen molar-refractivity contribution in [2.45, 2.75) is 39.2 Å². The highest BCUT2D eigenvalue weighted by molar-refractivity contribution is 5.81. The van der Waals surface area contributed by atoms with Crippen molar-refractivity contribution < 1.29 is 4.39 Å². The molecule has 1 aliphatic heterocycles. The molecule has 5 aromatic rings. The van der Waals surface area contributed by atoms with Gasteiger partial charge in [0.25, 0.3) is 0 Å². The van der Waals surface area contributed by atoms with E-state index in [1.807, 2.05) is 53.6 Å². The van der Waals surface area contributed by atoms with Gasteiger partial charge in [-0.2, -0.15) is 0 Å². The standard InChI is InChI=1S/C24H22FN7/c1-14-10-16(25)5-6-17(14)18-4-3-9-32-24(18)29-23(30-32)21-11-20-19(27-21)7-8-22(28-20)31-12-15(2)26-13-31/h5-8,10-13,18,27H,3-4,9H2,1-2H3. The van der Waals surface area contributed by atoms with E-state index in [4.69, 9.17) is 15.1 Å². The molecule has 8 heteroatoms. The summed E-state index contributed by atoms with van der Waals surface area (Å²) in [4.78, 5) is 17.3. The van der Waals surface area contributed by atoms with Crippen LogP contribution in [-0.2, 0) is 6.54 Å². The highest BCUT2D eigenvalue weighted by atomic mass is 19.1. The van der Waals surface area contributed by atoms with Crippen molar-refractivity contribution >= 4 is 11.0 Å². The third-order valence-electron chi connectivity index (χ3n) is 6.16. The van der Waals surface area contributed by atoms with Crippen LogP contribution in [0.3, 0.4) is 0 Å². The van der Waals surface area contributed by atoms with Gasteiger partial charge in [0, 0.05) is 18.7 Å². The molecule has 0 bridgehead atoms. The van der Waals surface area contributed by atoms with Gasteiger partial charge in [0.05, 0.1) is 22.4 Å². The van der Waals surface area contributed by atoms with E-state index in [2.05, 4.69) is 9.97 Å². The van der Waals surface area contributed by atoms with Crippen LogP contribution in [0.5, 0.6) is 0 Å². The molecule has 0 aliphatic carbocycles. The van der Waals surface area contributed by atoms with Gasteiger partial charge in [-0.05, 0) is 68.1 Å². The number of nitrogens with one attached hydrogen (secondary N) is 1. The summed E-state index contributed by atoms with van der Waals surface area (Å²) in [6, 6.07) is 11.0. The predicted octanol–water partition coefficient (Wildman–Crippen LogP) is 4.69. The molecule has 0 saturated carbocycles. The van der Waals surface area contributed by atoms with Crippen molar-refractivity contribution in [3.63, 3.8) is 0 Å². The maximum absolute atomic E-state index is 13.6. The first-order chi connectivity index (χ1) is 15.5. The number of rotatable bonds is 3. The molecule has 1 atom stereocenters. The van der Waals surface area contributed by atoms with Crippen molar-refractivity contribution in [1.29, 1.82) is 0 Å². The van der Waals surface area contributed by atoms with Crippen molar-refractivity contribution in [2.75, 3.05) is 0 Å². The number of aromatic nitrogens is 7. The van der Waals surface area contributed by atoms with Crippen LogP contribution in [0.4, 0.5) is 4.39 Å². The Morgan fingerprint density at radius 2 is 2.00 bits per heavy atom. The first-order valence-corrected chi connectivity index (χ1v) is 10.8. The molecule has 32 heavy (non-hydrogen) atoms. The number of aromatic amines is 1. The van der Waals surface area contributed by atoms with Crippen LogP contribution in [0.15, 0.2) is 48.9 Å². The van der Waals surface area contributed by atoms with Gasteiger partial charge in [-0.3, -0.25) is 4.57 Å². The molecule has 0 radical (unpaired) electrons. The number of H-pyrrole nitrogens is 1. The lowest BCUT2D eigenvalue weighted by Crippen LogP contribution is -2.18. The van der Waals surface area contributed by atoms with E-state index in [1.54, 1.807) is 12.4 Å². The topological polar surface area (TPSA) is 77.2 Å². The van der Waals surface area contributed by atoms with Crippen molar-refractivity contribution in [1.82, 2.24) is 34.3 Å². The monoisotopic (exact) mass is 427 g/mol. The largest absolute Gasteiger partial charge is 0.351 e. The lowest BCUT2D eigenvalue weighted by Gasteiger charge is -2.23. The molecule has 1 unspecified atom stereocenters. The fraction of sp³-hybridized carbons (Fsp3) is 0.250. The number of halogens is 1. The zero-order valence-corrected chi connectivity index (χ0v) is 17.9. The summed E-state index contributed by atoms with van der Waals surface area (Å²) in [5, 5.41) is 4.78. The zero-order valence-electron chi connectivity index (χ0n) is 17.9. The molecule has 0 spiro atoms. The summed E-state index contributed by atoms with van der Waals surface area (Å²) >= 11 is 0. The highest BCUT2D eigenvalue weighted by Gasteiger charge is 2.27. The highest BCUT2D eigenvalue weighted by Crippen LogP contribution is 2.35. The van der Waals surface area contributed by atoms with Gasteiger partial charge < -0.3 is 4.98 Å². The molecule has 160 valence electrons. The molecule has 4 aromatic heterocycles. The molecule has 1 N–H and O–H groups in total. The molecule has 1 aliphatic rings. The molecular formula is C24H22FN7. The van der Waals surface area contributed by atoms with E-state index in [1.165, 1.54) is 6.07 Å². The molecule has 5 heterocycles. The van der Waals surface area contributed by atoms with Crippen molar-refractivity contribution in [3.05, 3.63) is 77.4 Å². The van der Waals surface area contributed by atoms with E-state index in [0.717, 1.165) is 64.6 Å². The second kappa shape index (κ2) is 7.12. The summed E-state index contributed by atoms with van der Waals surface area (Å²) in [6.45, 7) is 4.75. The third-order valence-corrected chi connectivity index (χ3v) is 6.16. The number of imidazole rings is 1. The second-order valence-corrected chi connectivity index (χ2v) is 8.42. The van der Waals surface area contributed by atoms with E-state index in [0.29, 0.717) is 5.82 Å². The number of benzene rings is 1. The van der Waals surface area contributed by atoms with Crippen LogP contribution in [0.25, 0.3) is 28.4 Å². The molecule has 0 amide bonds. The minimum absolute atomic E-state index is 0.115. The van der Waals surface area contributed by atoms with Crippen molar-refractivity contribution in [3.8, 4) is 17.3 Å². The molecule has 7 nitrogen and oxygen atoms in total. The molecule has 6 rings (SSSR count). The SMILES string of the molecule is Cc1cn(-c2ccc3[nH]c(-c4nc5n(n4)CCCC5c4ccc(F)cc4C)cc3n2)cn1. The first kappa shape index (κ1) is 18.9. The molecule has 0 fully saturated rings. The Hall–Kier alpha value is -3.81. The minimum Gasteiger partial charge on any atom is -0.351 e. The number of fused-ring (bicyclic) bond motifs is 2. The number of pyridine rings is 1. The van der Waals surface area contributed by atoms with E-state index < -0.39 is 0 Å². The Labute approximate surface area is 184 Å². The first-order valence-electron chi connectivity index (χ1n) is 10.8. The molecule has 1 aromatic carbocycles. The van der Waals surface area contributed by atoms with Gasteiger partial charge in [0.15, 0.2) is 5.82 Å². The van der Waals surface area contributed by atoms with Gasteiger partial charge in [-0.1, -0.05) is 6.07 Å². The number of hydrogen-bond donors (Lipinski definition) is 1. The van der Waals surface area contributed by atoms with E-state index in [9.17, 15) is 4.39 Å². The Morgan fingerprint density at radius 3 is 2.81 bits per heavy atom. The van der Waals surface area contributed by atoms with Gasteiger partial charge in [0.2, 0.25) is 0 Å². The maximum Gasteiger partial charge on any atom is 0.197 e. The maximum atomic E-state index is 13.6. The lowest BCUT2D eigenvalue weighted by atomic mass is 9.88.